The van der Waals surface area contributed by atoms with Crippen LogP contribution in [0.4, 0.5) is 0 Å². The number of methoxy groups -OCH3 is 1. The molecule has 1 aliphatic rings. The molecule has 17 heavy (non-hydrogen) atoms. The molecule has 1 aromatic carbocycles. The summed E-state index contributed by atoms with van der Waals surface area (Å²) in [6.45, 7) is 0. The van der Waals surface area contributed by atoms with Gasteiger partial charge in [-0.05, 0) is 24.0 Å². The number of benzene rings is 1. The fourth-order valence-electron chi connectivity index (χ4n) is 2.41. The van der Waals surface area contributed by atoms with E-state index in [4.69, 9.17) is 0 Å². The van der Waals surface area contributed by atoms with Gasteiger partial charge in [0.25, 0.3) is 0 Å². The second-order valence-electron chi connectivity index (χ2n) is 4.17. The van der Waals surface area contributed by atoms with E-state index in [0.29, 0.717) is 12.8 Å². The first-order valence-electron chi connectivity index (χ1n) is 5.41. The highest BCUT2D eigenvalue weighted by Gasteiger charge is 2.48. The van der Waals surface area contributed by atoms with Crippen LogP contribution < -0.4 is 0 Å². The van der Waals surface area contributed by atoms with Crippen LogP contribution >= 0.6 is 0 Å². The average Bonchev–Trinajstić information content (AvgIpc) is 2.77. The summed E-state index contributed by atoms with van der Waals surface area (Å²) < 4.78 is 4.53. The molecule has 2 unspecified atom stereocenters. The Morgan fingerprint density at radius 2 is 2.29 bits per heavy atom. The molecule has 0 aliphatic heterocycles. The summed E-state index contributed by atoms with van der Waals surface area (Å²) in [5, 5.41) is 19.4. The van der Waals surface area contributed by atoms with E-state index in [-0.39, 0.29) is 0 Å². The number of fused-ring (bicyclic) bond motifs is 1. The molecule has 1 N–H and O–H groups in total. The zero-order valence-electron chi connectivity index (χ0n) is 9.51. The fraction of sp³-hybridized carbons (Fsp3) is 0.385. The minimum Gasteiger partial charge on any atom is -0.467 e. The molecule has 0 fully saturated rings. The van der Waals surface area contributed by atoms with Crippen LogP contribution in [-0.2, 0) is 21.4 Å². The van der Waals surface area contributed by atoms with Crippen molar-refractivity contribution in [1.29, 1.82) is 5.26 Å². The molecule has 0 saturated carbocycles. The Labute approximate surface area is 99.4 Å². The van der Waals surface area contributed by atoms with Crippen molar-refractivity contribution in [3.63, 3.8) is 0 Å². The lowest BCUT2D eigenvalue weighted by Gasteiger charge is -2.26. The van der Waals surface area contributed by atoms with Crippen molar-refractivity contribution in [2.24, 2.45) is 0 Å². The number of nitrogens with zero attached hydrogens (tertiary/aromatic N) is 1. The first kappa shape index (κ1) is 11.6. The van der Waals surface area contributed by atoms with Gasteiger partial charge >= 0.3 is 5.97 Å². The molecule has 2 rings (SSSR count). The molecule has 2 atom stereocenters. The Balaban J connectivity index is 2.49. The maximum Gasteiger partial charge on any atom is 0.336 e. The van der Waals surface area contributed by atoms with E-state index >= 15 is 0 Å². The number of carbonyl (C=O) groups is 1. The van der Waals surface area contributed by atoms with Gasteiger partial charge in [0.2, 0.25) is 0 Å². The topological polar surface area (TPSA) is 70.3 Å². The van der Waals surface area contributed by atoms with Gasteiger partial charge in [0.1, 0.15) is 5.41 Å². The number of rotatable bonds is 2. The smallest absolute Gasteiger partial charge is 0.336 e. The number of hydrogen-bond acceptors (Lipinski definition) is 4. The molecular formula is C13H13NO3. The predicted molar refractivity (Wildman–Crippen MR) is 60.1 cm³/mol. The van der Waals surface area contributed by atoms with Crippen molar-refractivity contribution in [3.05, 3.63) is 35.4 Å². The van der Waals surface area contributed by atoms with Crippen LogP contribution in [0.2, 0.25) is 0 Å². The van der Waals surface area contributed by atoms with Crippen molar-refractivity contribution in [2.75, 3.05) is 7.11 Å². The number of nitriles is 1. The zero-order valence-corrected chi connectivity index (χ0v) is 9.51. The summed E-state index contributed by atoms with van der Waals surface area (Å²) in [6.07, 6.45) is -0.294. The van der Waals surface area contributed by atoms with E-state index in [1.807, 2.05) is 12.1 Å². The van der Waals surface area contributed by atoms with E-state index in [1.54, 1.807) is 12.1 Å². The third kappa shape index (κ3) is 1.60. The number of hydrogen-bond donors (Lipinski definition) is 1. The summed E-state index contributed by atoms with van der Waals surface area (Å²) in [4.78, 5) is 11.4. The molecule has 0 amide bonds. The number of aliphatic hydroxyl groups excluding tert-OH is 1. The fourth-order valence-corrected chi connectivity index (χ4v) is 2.41. The lowest BCUT2D eigenvalue weighted by molar-refractivity contribution is -0.153. The Hall–Kier alpha value is -1.86. The van der Waals surface area contributed by atoms with Gasteiger partial charge in [-0.3, -0.25) is 0 Å². The Morgan fingerprint density at radius 3 is 2.94 bits per heavy atom. The lowest BCUT2D eigenvalue weighted by atomic mass is 9.78. The van der Waals surface area contributed by atoms with Gasteiger partial charge in [0, 0.05) is 0 Å². The Morgan fingerprint density at radius 1 is 1.59 bits per heavy atom. The highest BCUT2D eigenvalue weighted by Crippen LogP contribution is 2.41. The second-order valence-corrected chi connectivity index (χ2v) is 4.17. The van der Waals surface area contributed by atoms with Gasteiger partial charge in [0.05, 0.1) is 13.2 Å². The van der Waals surface area contributed by atoms with Crippen molar-refractivity contribution in [2.45, 2.75) is 24.4 Å². The first-order valence-corrected chi connectivity index (χ1v) is 5.41. The van der Waals surface area contributed by atoms with E-state index < -0.39 is 17.5 Å². The van der Waals surface area contributed by atoms with Gasteiger partial charge in [0.15, 0.2) is 6.10 Å². The number of esters is 1. The second kappa shape index (κ2) is 4.19. The molecular weight excluding hydrogens is 218 g/mol. The summed E-state index contributed by atoms with van der Waals surface area (Å²) in [5.74, 6) is -0.761. The molecule has 4 nitrogen and oxygen atoms in total. The largest absolute Gasteiger partial charge is 0.467 e. The minimum absolute atomic E-state index is 0.444. The van der Waals surface area contributed by atoms with Crippen molar-refractivity contribution < 1.29 is 14.6 Å². The molecule has 0 aromatic heterocycles. The lowest BCUT2D eigenvalue weighted by Crippen LogP contribution is -2.42. The predicted octanol–water partition coefficient (Wildman–Crippen LogP) is 0.928. The molecule has 1 aromatic rings. The van der Waals surface area contributed by atoms with Gasteiger partial charge in [-0.2, -0.15) is 5.26 Å². The summed E-state index contributed by atoms with van der Waals surface area (Å²) in [6, 6.07) is 9.49. The van der Waals surface area contributed by atoms with Crippen LogP contribution in [0.25, 0.3) is 0 Å². The highest BCUT2D eigenvalue weighted by molar-refractivity contribution is 5.78. The third-order valence-corrected chi connectivity index (χ3v) is 3.38. The average molecular weight is 231 g/mol. The number of aryl methyl sites for hydroxylation is 1. The van der Waals surface area contributed by atoms with Crippen LogP contribution in [0.15, 0.2) is 24.3 Å². The van der Waals surface area contributed by atoms with E-state index in [9.17, 15) is 15.2 Å². The van der Waals surface area contributed by atoms with E-state index in [0.717, 1.165) is 11.1 Å². The molecule has 0 radical (unpaired) electrons. The van der Waals surface area contributed by atoms with Crippen LogP contribution in [0.3, 0.4) is 0 Å². The normalized spacial score (nSPS) is 23.6. The van der Waals surface area contributed by atoms with Gasteiger partial charge in [-0.1, -0.05) is 24.3 Å². The van der Waals surface area contributed by atoms with Crippen LogP contribution in [-0.4, -0.2) is 24.3 Å². The number of aliphatic hydroxyl groups is 1. The van der Waals surface area contributed by atoms with Gasteiger partial charge in [-0.25, -0.2) is 4.79 Å². The summed E-state index contributed by atoms with van der Waals surface area (Å²) >= 11 is 0. The summed E-state index contributed by atoms with van der Waals surface area (Å²) in [7, 11) is 1.21. The number of ether oxygens (including phenoxy) is 1. The maximum atomic E-state index is 11.4. The standard InChI is InChI=1S/C13H13NO3/c1-17-12(16)11(15)13(8-14)7-6-9-4-2-3-5-10(9)13/h2-5,11,15H,6-7H2,1H3. The monoisotopic (exact) mass is 231 g/mol. The molecule has 0 bridgehead atoms. The van der Waals surface area contributed by atoms with Crippen LogP contribution in [0, 0.1) is 11.3 Å². The third-order valence-electron chi connectivity index (χ3n) is 3.38. The first-order chi connectivity index (χ1) is 8.15. The van der Waals surface area contributed by atoms with Gasteiger partial charge in [-0.15, -0.1) is 0 Å². The van der Waals surface area contributed by atoms with Crippen molar-refractivity contribution >= 4 is 5.97 Å². The van der Waals surface area contributed by atoms with Crippen molar-refractivity contribution in [1.82, 2.24) is 0 Å². The summed E-state index contributed by atoms with van der Waals surface area (Å²) in [5.41, 5.74) is 0.585. The van der Waals surface area contributed by atoms with E-state index in [1.165, 1.54) is 7.11 Å². The molecule has 1 aliphatic carbocycles. The molecule has 0 spiro atoms. The SMILES string of the molecule is COC(=O)C(O)C1(C#N)CCc2ccccc21. The minimum atomic E-state index is -1.43. The van der Waals surface area contributed by atoms with Crippen LogP contribution in [0.1, 0.15) is 17.5 Å². The Bertz CT molecular complexity index is 492. The maximum absolute atomic E-state index is 11.4. The molecule has 0 saturated heterocycles. The number of carbonyl (C=O) groups excluding carboxylic acids is 1. The highest BCUT2D eigenvalue weighted by atomic mass is 16.5. The van der Waals surface area contributed by atoms with E-state index in [2.05, 4.69) is 10.8 Å². The Kier molecular flexibility index (Phi) is 2.86. The van der Waals surface area contributed by atoms with Crippen molar-refractivity contribution in [3.8, 4) is 6.07 Å². The zero-order chi connectivity index (χ0) is 12.5. The molecule has 4 heteroatoms. The quantitative estimate of drug-likeness (QED) is 0.768. The molecule has 0 heterocycles. The van der Waals surface area contributed by atoms with Gasteiger partial charge < -0.3 is 9.84 Å². The van der Waals surface area contributed by atoms with Crippen LogP contribution in [0.5, 0.6) is 0 Å². The molecule has 88 valence electrons.